The van der Waals surface area contributed by atoms with E-state index in [0.29, 0.717) is 22.2 Å². The smallest absolute Gasteiger partial charge is 0.145 e. The van der Waals surface area contributed by atoms with Gasteiger partial charge in [-0.3, -0.25) is 5.10 Å². The molecule has 0 spiro atoms. The van der Waals surface area contributed by atoms with Crippen LogP contribution in [0.4, 0.5) is 5.82 Å². The van der Waals surface area contributed by atoms with E-state index in [9.17, 15) is 0 Å². The standard InChI is InChI=1S/C8H9ClN6/c9-4-1-5(7(11)12-2-4)6(10)8-13-3-14-15-8/h1-3,6H,10H2,(H2,11,12)(H,13,14,15). The van der Waals surface area contributed by atoms with E-state index in [2.05, 4.69) is 20.2 Å². The van der Waals surface area contributed by atoms with Crippen LogP contribution in [0.2, 0.25) is 5.02 Å². The Hall–Kier alpha value is -1.66. The lowest BCUT2D eigenvalue weighted by Crippen LogP contribution is -2.16. The molecule has 2 heterocycles. The molecule has 0 saturated heterocycles. The van der Waals surface area contributed by atoms with Crippen LogP contribution in [0.5, 0.6) is 0 Å². The summed E-state index contributed by atoms with van der Waals surface area (Å²) in [5.74, 6) is 0.856. The van der Waals surface area contributed by atoms with E-state index in [0.717, 1.165) is 0 Å². The maximum atomic E-state index is 5.92. The largest absolute Gasteiger partial charge is 0.383 e. The van der Waals surface area contributed by atoms with E-state index in [4.69, 9.17) is 23.1 Å². The number of anilines is 1. The third-order valence-electron chi connectivity index (χ3n) is 1.98. The van der Waals surface area contributed by atoms with Crippen LogP contribution in [-0.4, -0.2) is 20.2 Å². The van der Waals surface area contributed by atoms with Crippen molar-refractivity contribution in [2.24, 2.45) is 5.73 Å². The Morgan fingerprint density at radius 2 is 2.20 bits per heavy atom. The minimum atomic E-state index is -0.501. The second kappa shape index (κ2) is 3.84. The van der Waals surface area contributed by atoms with Crippen LogP contribution in [0.3, 0.4) is 0 Å². The van der Waals surface area contributed by atoms with Crippen LogP contribution in [0.1, 0.15) is 17.4 Å². The van der Waals surface area contributed by atoms with Crippen molar-refractivity contribution in [3.8, 4) is 0 Å². The molecule has 7 heteroatoms. The minimum absolute atomic E-state index is 0.336. The van der Waals surface area contributed by atoms with Gasteiger partial charge >= 0.3 is 0 Å². The van der Waals surface area contributed by atoms with Gasteiger partial charge in [-0.2, -0.15) is 5.10 Å². The zero-order chi connectivity index (χ0) is 10.8. The fourth-order valence-corrected chi connectivity index (χ4v) is 1.39. The number of nitrogens with two attached hydrogens (primary N) is 2. The predicted octanol–water partition coefficient (Wildman–Crippen LogP) is 0.483. The highest BCUT2D eigenvalue weighted by molar-refractivity contribution is 6.30. The van der Waals surface area contributed by atoms with Gasteiger partial charge in [0.25, 0.3) is 0 Å². The number of hydrogen-bond donors (Lipinski definition) is 3. The highest BCUT2D eigenvalue weighted by atomic mass is 35.5. The quantitative estimate of drug-likeness (QED) is 0.688. The molecule has 78 valence electrons. The normalized spacial score (nSPS) is 12.7. The molecule has 0 radical (unpaired) electrons. The molecule has 1 unspecified atom stereocenters. The minimum Gasteiger partial charge on any atom is -0.383 e. The molecule has 0 aromatic carbocycles. The topological polar surface area (TPSA) is 106 Å². The Labute approximate surface area is 90.7 Å². The van der Waals surface area contributed by atoms with Crippen molar-refractivity contribution in [2.75, 3.05) is 5.73 Å². The van der Waals surface area contributed by atoms with Gasteiger partial charge in [0.2, 0.25) is 0 Å². The van der Waals surface area contributed by atoms with Gasteiger partial charge in [0.15, 0.2) is 0 Å². The molecule has 0 fully saturated rings. The van der Waals surface area contributed by atoms with Gasteiger partial charge in [0.05, 0.1) is 11.1 Å². The number of nitrogen functional groups attached to an aromatic ring is 1. The average molecular weight is 225 g/mol. The van der Waals surface area contributed by atoms with Crippen molar-refractivity contribution in [1.29, 1.82) is 0 Å². The first kappa shape index (κ1) is 9.88. The molecule has 5 N–H and O–H groups in total. The Morgan fingerprint density at radius 3 is 2.87 bits per heavy atom. The Morgan fingerprint density at radius 1 is 1.40 bits per heavy atom. The molecule has 0 bridgehead atoms. The van der Waals surface area contributed by atoms with Crippen molar-refractivity contribution in [2.45, 2.75) is 6.04 Å². The highest BCUT2D eigenvalue weighted by Crippen LogP contribution is 2.23. The fourth-order valence-electron chi connectivity index (χ4n) is 1.23. The molecule has 0 amide bonds. The van der Waals surface area contributed by atoms with Crippen molar-refractivity contribution >= 4 is 17.4 Å². The summed E-state index contributed by atoms with van der Waals surface area (Å²) in [6.07, 6.45) is 2.84. The molecule has 1 atom stereocenters. The number of nitrogens with zero attached hydrogens (tertiary/aromatic N) is 3. The van der Waals surface area contributed by atoms with E-state index < -0.39 is 6.04 Å². The molecule has 0 aliphatic carbocycles. The molecule has 0 aliphatic heterocycles. The van der Waals surface area contributed by atoms with Crippen LogP contribution >= 0.6 is 11.6 Å². The second-order valence-corrected chi connectivity index (χ2v) is 3.41. The summed E-state index contributed by atoms with van der Waals surface area (Å²) in [7, 11) is 0. The number of halogens is 1. The Balaban J connectivity index is 2.41. The van der Waals surface area contributed by atoms with Crippen LogP contribution in [0.25, 0.3) is 0 Å². The number of pyridine rings is 1. The summed E-state index contributed by atoms with van der Waals surface area (Å²) in [5.41, 5.74) is 12.2. The molecular weight excluding hydrogens is 216 g/mol. The predicted molar refractivity (Wildman–Crippen MR) is 56.1 cm³/mol. The van der Waals surface area contributed by atoms with Gasteiger partial charge in [-0.25, -0.2) is 9.97 Å². The van der Waals surface area contributed by atoms with Crippen LogP contribution in [-0.2, 0) is 0 Å². The number of rotatable bonds is 2. The van der Waals surface area contributed by atoms with E-state index in [1.165, 1.54) is 12.5 Å². The molecule has 2 rings (SSSR count). The molecule has 15 heavy (non-hydrogen) atoms. The SMILES string of the molecule is Nc1ncc(Cl)cc1C(N)c1ncn[nH]1. The molecular formula is C8H9ClN6. The van der Waals surface area contributed by atoms with Gasteiger partial charge in [0, 0.05) is 11.8 Å². The first-order chi connectivity index (χ1) is 7.18. The molecule has 6 nitrogen and oxygen atoms in total. The first-order valence-corrected chi connectivity index (χ1v) is 4.58. The summed E-state index contributed by atoms with van der Waals surface area (Å²) < 4.78 is 0. The fraction of sp³-hybridized carbons (Fsp3) is 0.125. The third kappa shape index (κ3) is 1.90. The van der Waals surface area contributed by atoms with E-state index in [1.54, 1.807) is 6.07 Å². The van der Waals surface area contributed by atoms with Crippen molar-refractivity contribution in [1.82, 2.24) is 20.2 Å². The second-order valence-electron chi connectivity index (χ2n) is 2.98. The van der Waals surface area contributed by atoms with Gasteiger partial charge in [-0.15, -0.1) is 0 Å². The number of hydrogen-bond acceptors (Lipinski definition) is 5. The summed E-state index contributed by atoms with van der Waals surface area (Å²) in [4.78, 5) is 7.86. The number of H-pyrrole nitrogens is 1. The molecule has 0 aliphatic rings. The lowest BCUT2D eigenvalue weighted by atomic mass is 10.1. The van der Waals surface area contributed by atoms with Crippen molar-refractivity contribution in [3.05, 3.63) is 35.0 Å². The number of nitrogens with one attached hydrogen (secondary N) is 1. The van der Waals surface area contributed by atoms with E-state index >= 15 is 0 Å². The van der Waals surface area contributed by atoms with Crippen LogP contribution in [0, 0.1) is 0 Å². The van der Waals surface area contributed by atoms with Gasteiger partial charge in [-0.05, 0) is 6.07 Å². The number of aromatic amines is 1. The van der Waals surface area contributed by atoms with E-state index in [1.807, 2.05) is 0 Å². The first-order valence-electron chi connectivity index (χ1n) is 4.20. The van der Waals surface area contributed by atoms with Gasteiger partial charge in [-0.1, -0.05) is 11.6 Å². The third-order valence-corrected chi connectivity index (χ3v) is 2.19. The van der Waals surface area contributed by atoms with Crippen molar-refractivity contribution in [3.63, 3.8) is 0 Å². The lowest BCUT2D eigenvalue weighted by molar-refractivity contribution is 0.786. The molecule has 2 aromatic heterocycles. The summed E-state index contributed by atoms with van der Waals surface area (Å²) in [6, 6.07) is 1.16. The monoisotopic (exact) mass is 224 g/mol. The Kier molecular flexibility index (Phi) is 2.53. The van der Waals surface area contributed by atoms with Gasteiger partial charge < -0.3 is 11.5 Å². The number of aromatic nitrogens is 4. The van der Waals surface area contributed by atoms with E-state index in [-0.39, 0.29) is 0 Å². The molecule has 2 aromatic rings. The summed E-state index contributed by atoms with van der Waals surface area (Å²) in [6.45, 7) is 0. The zero-order valence-electron chi connectivity index (χ0n) is 7.68. The van der Waals surface area contributed by atoms with Crippen LogP contribution < -0.4 is 11.5 Å². The maximum absolute atomic E-state index is 5.92. The Bertz CT molecular complexity index is 454. The zero-order valence-corrected chi connectivity index (χ0v) is 8.44. The van der Waals surface area contributed by atoms with Crippen molar-refractivity contribution < 1.29 is 0 Å². The molecule has 0 saturated carbocycles. The lowest BCUT2D eigenvalue weighted by Gasteiger charge is -2.10. The summed E-state index contributed by atoms with van der Waals surface area (Å²) >= 11 is 5.80. The maximum Gasteiger partial charge on any atom is 0.145 e. The summed E-state index contributed by atoms with van der Waals surface area (Å²) in [5, 5.41) is 6.86. The van der Waals surface area contributed by atoms with Crippen LogP contribution in [0.15, 0.2) is 18.6 Å². The highest BCUT2D eigenvalue weighted by Gasteiger charge is 2.15. The van der Waals surface area contributed by atoms with Gasteiger partial charge in [0.1, 0.15) is 18.0 Å². The average Bonchev–Trinajstić information content (AvgIpc) is 2.74.